The quantitative estimate of drug-likeness (QED) is 0.495. The van der Waals surface area contributed by atoms with Crippen LogP contribution in [-0.4, -0.2) is 58.5 Å². The van der Waals surface area contributed by atoms with Gasteiger partial charge in [-0.2, -0.15) is 0 Å². The van der Waals surface area contributed by atoms with Crippen LogP contribution in [0.1, 0.15) is 62.5 Å². The molecule has 170 valence electrons. The number of rotatable bonds is 3. The van der Waals surface area contributed by atoms with E-state index < -0.39 is 0 Å². The van der Waals surface area contributed by atoms with Gasteiger partial charge in [0.15, 0.2) is 0 Å². The molecule has 4 N–H and O–H groups in total. The summed E-state index contributed by atoms with van der Waals surface area (Å²) in [5, 5.41) is 16.3. The van der Waals surface area contributed by atoms with Crippen LogP contribution < -0.4 is 10.6 Å². The summed E-state index contributed by atoms with van der Waals surface area (Å²) in [5.74, 6) is -0.303. The maximum Gasteiger partial charge on any atom is 0.268 e. The number of carbonyl (C=O) groups is 3. The number of nitrogens with one attached hydrogen (secondary N) is 3. The Morgan fingerprint density at radius 1 is 1.06 bits per heavy atom. The lowest BCUT2D eigenvalue weighted by Crippen LogP contribution is -2.40. The number of H-pyrrole nitrogens is 1. The third kappa shape index (κ3) is 3.98. The lowest BCUT2D eigenvalue weighted by molar-refractivity contribution is 0.0546. The van der Waals surface area contributed by atoms with Crippen molar-refractivity contribution in [3.8, 4) is 0 Å². The van der Waals surface area contributed by atoms with E-state index in [1.165, 1.54) is 0 Å². The van der Waals surface area contributed by atoms with Gasteiger partial charge in [0.25, 0.3) is 17.7 Å². The van der Waals surface area contributed by atoms with Gasteiger partial charge in [0.2, 0.25) is 0 Å². The van der Waals surface area contributed by atoms with E-state index in [0.717, 1.165) is 16.5 Å². The average Bonchev–Trinajstić information content (AvgIpc) is 3.22. The molecule has 3 amide bonds. The summed E-state index contributed by atoms with van der Waals surface area (Å²) in [5.41, 5.74) is 3.97. The molecular weight excluding hydrogens is 420 g/mol. The van der Waals surface area contributed by atoms with E-state index in [-0.39, 0.29) is 29.7 Å². The number of piperidine rings is 1. The highest BCUT2D eigenvalue weighted by molar-refractivity contribution is 6.08. The second-order valence-electron chi connectivity index (χ2n) is 8.84. The van der Waals surface area contributed by atoms with Gasteiger partial charge in [0, 0.05) is 53.3 Å². The molecule has 0 bridgehead atoms. The number of fused-ring (bicyclic) bond motifs is 3. The maximum absolute atomic E-state index is 12.9. The number of aliphatic hydroxyl groups is 1. The molecule has 33 heavy (non-hydrogen) atoms. The number of benzene rings is 2. The first-order chi connectivity index (χ1) is 15.9. The number of likely N-dealkylation sites (tertiary alicyclic amines) is 1. The Balaban J connectivity index is 1.32. The third-order valence-electron chi connectivity index (χ3n) is 6.53. The van der Waals surface area contributed by atoms with Gasteiger partial charge in [-0.25, -0.2) is 0 Å². The van der Waals surface area contributed by atoms with Gasteiger partial charge < -0.3 is 25.6 Å². The van der Waals surface area contributed by atoms with Crippen LogP contribution in [0.4, 0.5) is 5.69 Å². The van der Waals surface area contributed by atoms with Gasteiger partial charge in [-0.05, 0) is 60.9 Å². The Bertz CT molecular complexity index is 1240. The SMILES string of the molecule is CC1CNC(=O)c2[nH]c3ccc(C(=O)Nc4ccc(C(=O)N5CCC(O)CC5)cc4)cc3c21. The molecule has 2 aliphatic rings. The largest absolute Gasteiger partial charge is 0.393 e. The number of aliphatic hydroxyl groups excluding tert-OH is 1. The number of aromatic nitrogens is 1. The summed E-state index contributed by atoms with van der Waals surface area (Å²) in [6.45, 7) is 3.71. The number of anilines is 1. The van der Waals surface area contributed by atoms with Crippen LogP contribution in [0.25, 0.3) is 10.9 Å². The molecule has 2 aliphatic heterocycles. The first kappa shape index (κ1) is 21.2. The molecule has 1 aromatic heterocycles. The molecule has 8 heteroatoms. The lowest BCUT2D eigenvalue weighted by atomic mass is 9.93. The van der Waals surface area contributed by atoms with E-state index in [2.05, 4.69) is 15.6 Å². The molecule has 1 saturated heterocycles. The third-order valence-corrected chi connectivity index (χ3v) is 6.53. The van der Waals surface area contributed by atoms with Crippen LogP contribution in [-0.2, 0) is 0 Å². The zero-order valence-corrected chi connectivity index (χ0v) is 18.4. The first-order valence-electron chi connectivity index (χ1n) is 11.2. The number of nitrogens with zero attached hydrogens (tertiary/aromatic N) is 1. The normalized spacial score (nSPS) is 18.7. The van der Waals surface area contributed by atoms with Crippen LogP contribution in [0.5, 0.6) is 0 Å². The minimum atomic E-state index is -0.331. The van der Waals surface area contributed by atoms with Crippen molar-refractivity contribution in [2.45, 2.75) is 31.8 Å². The second kappa shape index (κ2) is 8.37. The van der Waals surface area contributed by atoms with Gasteiger partial charge in [0.1, 0.15) is 5.69 Å². The van der Waals surface area contributed by atoms with Crippen LogP contribution in [0, 0.1) is 0 Å². The van der Waals surface area contributed by atoms with Crippen LogP contribution >= 0.6 is 0 Å². The van der Waals surface area contributed by atoms with E-state index in [0.29, 0.717) is 55.0 Å². The molecule has 1 fully saturated rings. The smallest absolute Gasteiger partial charge is 0.268 e. The standard InChI is InChI=1S/C25H26N4O4/c1-14-13-26-24(32)22-21(14)19-12-16(4-7-20(19)28-22)23(31)27-17-5-2-15(3-6-17)25(33)29-10-8-18(30)9-11-29/h2-7,12,14,18,28,30H,8-11,13H2,1H3,(H,26,32)(H,27,31). The molecule has 8 nitrogen and oxygen atoms in total. The minimum absolute atomic E-state index is 0.0689. The minimum Gasteiger partial charge on any atom is -0.393 e. The van der Waals surface area contributed by atoms with E-state index in [9.17, 15) is 19.5 Å². The van der Waals surface area contributed by atoms with Crippen molar-refractivity contribution < 1.29 is 19.5 Å². The summed E-state index contributed by atoms with van der Waals surface area (Å²) in [7, 11) is 0. The summed E-state index contributed by atoms with van der Waals surface area (Å²) in [6.07, 6.45) is 0.860. The first-order valence-corrected chi connectivity index (χ1v) is 11.2. The number of carbonyl (C=O) groups excluding carboxylic acids is 3. The summed E-state index contributed by atoms with van der Waals surface area (Å²) in [4.78, 5) is 42.6. The number of aromatic amines is 1. The van der Waals surface area contributed by atoms with Gasteiger partial charge in [0.05, 0.1) is 6.10 Å². The molecule has 0 saturated carbocycles. The van der Waals surface area contributed by atoms with Crippen molar-refractivity contribution in [2.24, 2.45) is 0 Å². The molecule has 0 spiro atoms. The predicted octanol–water partition coefficient (Wildman–Crippen LogP) is 2.86. The van der Waals surface area contributed by atoms with E-state index in [1.807, 2.05) is 19.1 Å². The highest BCUT2D eigenvalue weighted by Gasteiger charge is 2.27. The predicted molar refractivity (Wildman–Crippen MR) is 125 cm³/mol. The Morgan fingerprint density at radius 3 is 2.48 bits per heavy atom. The fraction of sp³-hybridized carbons (Fsp3) is 0.320. The highest BCUT2D eigenvalue weighted by atomic mass is 16.3. The zero-order valence-electron chi connectivity index (χ0n) is 18.4. The Morgan fingerprint density at radius 2 is 1.76 bits per heavy atom. The van der Waals surface area contributed by atoms with Crippen molar-refractivity contribution in [1.82, 2.24) is 15.2 Å². The fourth-order valence-corrected chi connectivity index (χ4v) is 4.63. The monoisotopic (exact) mass is 446 g/mol. The summed E-state index contributed by atoms with van der Waals surface area (Å²) >= 11 is 0. The molecule has 2 aromatic carbocycles. The molecule has 3 aromatic rings. The molecule has 1 unspecified atom stereocenters. The summed E-state index contributed by atoms with van der Waals surface area (Å²) < 4.78 is 0. The second-order valence-corrected chi connectivity index (χ2v) is 8.84. The van der Waals surface area contributed by atoms with Gasteiger partial charge in [-0.1, -0.05) is 6.92 Å². The van der Waals surface area contributed by atoms with Crippen molar-refractivity contribution in [1.29, 1.82) is 0 Å². The zero-order chi connectivity index (χ0) is 23.1. The van der Waals surface area contributed by atoms with E-state index in [1.54, 1.807) is 35.2 Å². The van der Waals surface area contributed by atoms with Crippen molar-refractivity contribution >= 4 is 34.3 Å². The van der Waals surface area contributed by atoms with Crippen LogP contribution in [0.2, 0.25) is 0 Å². The van der Waals surface area contributed by atoms with Gasteiger partial charge in [-0.3, -0.25) is 14.4 Å². The Hall–Kier alpha value is -3.65. The molecule has 3 heterocycles. The molecule has 1 atom stereocenters. The fourth-order valence-electron chi connectivity index (χ4n) is 4.63. The van der Waals surface area contributed by atoms with Gasteiger partial charge >= 0.3 is 0 Å². The highest BCUT2D eigenvalue weighted by Crippen LogP contribution is 2.32. The number of hydrogen-bond donors (Lipinski definition) is 4. The topological polar surface area (TPSA) is 115 Å². The van der Waals surface area contributed by atoms with Crippen molar-refractivity contribution in [2.75, 3.05) is 25.0 Å². The summed E-state index contributed by atoms with van der Waals surface area (Å²) in [6, 6.07) is 12.2. The van der Waals surface area contributed by atoms with Gasteiger partial charge in [-0.15, -0.1) is 0 Å². The molecular formula is C25H26N4O4. The van der Waals surface area contributed by atoms with E-state index in [4.69, 9.17) is 0 Å². The molecule has 0 radical (unpaired) electrons. The van der Waals surface area contributed by atoms with Crippen molar-refractivity contribution in [3.05, 3.63) is 64.8 Å². The maximum atomic E-state index is 12.9. The number of hydrogen-bond acceptors (Lipinski definition) is 4. The van der Waals surface area contributed by atoms with E-state index >= 15 is 0 Å². The molecule has 5 rings (SSSR count). The molecule has 0 aliphatic carbocycles. The van der Waals surface area contributed by atoms with Crippen LogP contribution in [0.3, 0.4) is 0 Å². The Kier molecular flexibility index (Phi) is 5.38. The Labute approximate surface area is 191 Å². The van der Waals surface area contributed by atoms with Crippen LogP contribution in [0.15, 0.2) is 42.5 Å². The van der Waals surface area contributed by atoms with Crippen molar-refractivity contribution in [3.63, 3.8) is 0 Å². The average molecular weight is 447 g/mol. The number of amides is 3. The lowest BCUT2D eigenvalue weighted by Gasteiger charge is -2.29.